The minimum Gasteiger partial charge on any atom is -0.382 e. The van der Waals surface area contributed by atoms with E-state index in [1.54, 1.807) is 0 Å². The summed E-state index contributed by atoms with van der Waals surface area (Å²) in [5.74, 6) is 0. The average molecular weight is 296 g/mol. The Labute approximate surface area is 128 Å². The van der Waals surface area contributed by atoms with E-state index in [0.29, 0.717) is 0 Å². The highest BCUT2D eigenvalue weighted by Crippen LogP contribution is 1.65. The van der Waals surface area contributed by atoms with Crippen molar-refractivity contribution in [3.05, 3.63) is 0 Å². The lowest BCUT2D eigenvalue weighted by Crippen LogP contribution is -1.84. The summed E-state index contributed by atoms with van der Waals surface area (Å²) >= 11 is 0. The van der Waals surface area contributed by atoms with Gasteiger partial charge in [0.25, 0.3) is 0 Å². The predicted molar refractivity (Wildman–Crippen MR) is 88.7 cm³/mol. The molecule has 20 heavy (non-hydrogen) atoms. The molecule has 0 aromatic heterocycles. The van der Waals surface area contributed by atoms with Gasteiger partial charge in [-0.25, -0.2) is 0 Å². The smallest absolute Gasteiger partial charge is 0.0437 e. The lowest BCUT2D eigenvalue weighted by Gasteiger charge is -1.86. The van der Waals surface area contributed by atoms with Crippen LogP contribution in [-0.2, 0) is 18.9 Å². The largest absolute Gasteiger partial charge is 0.382 e. The molecular formula is C16H40O4. The third-order valence-corrected chi connectivity index (χ3v) is 1.63. The van der Waals surface area contributed by atoms with Crippen LogP contribution in [0.2, 0.25) is 0 Å². The molecule has 0 unspecified atom stereocenters. The molecule has 0 radical (unpaired) electrons. The van der Waals surface area contributed by atoms with Gasteiger partial charge < -0.3 is 18.9 Å². The van der Waals surface area contributed by atoms with Crippen molar-refractivity contribution in [3.63, 3.8) is 0 Å². The Kier molecular flexibility index (Phi) is 60.0. The lowest BCUT2D eigenvalue weighted by molar-refractivity contribution is 0.162. The number of rotatable bonds is 8. The molecule has 0 spiro atoms. The summed E-state index contributed by atoms with van der Waals surface area (Å²) in [4.78, 5) is 0. The van der Waals surface area contributed by atoms with Gasteiger partial charge in [0.2, 0.25) is 0 Å². The summed E-state index contributed by atoms with van der Waals surface area (Å²) in [6.45, 7) is 22.7. The Morgan fingerprint density at radius 2 is 0.400 bits per heavy atom. The highest BCUT2D eigenvalue weighted by Gasteiger charge is 1.65. The SMILES string of the molecule is CCOCC.CCOCC.CCOCC.CCOCC. The monoisotopic (exact) mass is 296 g/mol. The molecule has 0 aliphatic heterocycles. The third-order valence-electron chi connectivity index (χ3n) is 1.63. The van der Waals surface area contributed by atoms with Crippen LogP contribution in [0.1, 0.15) is 55.4 Å². The van der Waals surface area contributed by atoms with Crippen LogP contribution in [0.3, 0.4) is 0 Å². The van der Waals surface area contributed by atoms with E-state index in [2.05, 4.69) is 0 Å². The molecule has 4 nitrogen and oxygen atoms in total. The van der Waals surface area contributed by atoms with Gasteiger partial charge in [0.1, 0.15) is 0 Å². The number of ether oxygens (including phenoxy) is 4. The molecule has 0 amide bonds. The molecule has 128 valence electrons. The van der Waals surface area contributed by atoms with Gasteiger partial charge in [-0.05, 0) is 55.4 Å². The summed E-state index contributed by atoms with van der Waals surface area (Å²) in [7, 11) is 0. The molecule has 0 atom stereocenters. The molecule has 0 aliphatic carbocycles. The molecule has 0 fully saturated rings. The Morgan fingerprint density at radius 3 is 0.400 bits per heavy atom. The van der Waals surface area contributed by atoms with Crippen LogP contribution in [0.15, 0.2) is 0 Å². The molecule has 0 aromatic carbocycles. The summed E-state index contributed by atoms with van der Waals surface area (Å²) < 4.78 is 19.3. The number of hydrogen-bond acceptors (Lipinski definition) is 4. The topological polar surface area (TPSA) is 36.9 Å². The van der Waals surface area contributed by atoms with E-state index in [1.165, 1.54) is 0 Å². The summed E-state index contributed by atoms with van der Waals surface area (Å²) in [6, 6.07) is 0. The van der Waals surface area contributed by atoms with E-state index >= 15 is 0 Å². The maximum Gasteiger partial charge on any atom is 0.0437 e. The fourth-order valence-corrected chi connectivity index (χ4v) is 0.816. The zero-order valence-electron chi connectivity index (χ0n) is 15.3. The first kappa shape index (κ1) is 28.1. The van der Waals surface area contributed by atoms with Crippen molar-refractivity contribution in [1.82, 2.24) is 0 Å². The Balaban J connectivity index is -0.0000000853. The van der Waals surface area contributed by atoms with Gasteiger partial charge in [-0.1, -0.05) is 0 Å². The molecule has 0 saturated carbocycles. The van der Waals surface area contributed by atoms with E-state index in [1.807, 2.05) is 55.4 Å². The molecule has 0 saturated heterocycles. The van der Waals surface area contributed by atoms with Crippen LogP contribution >= 0.6 is 0 Å². The second kappa shape index (κ2) is 42.8. The Hall–Kier alpha value is -0.160. The average Bonchev–Trinajstić information content (AvgIpc) is 2.44. The highest BCUT2D eigenvalue weighted by molar-refractivity contribution is 4.08. The molecule has 0 bridgehead atoms. The van der Waals surface area contributed by atoms with Crippen molar-refractivity contribution in [3.8, 4) is 0 Å². The Morgan fingerprint density at radius 1 is 0.300 bits per heavy atom. The zero-order chi connectivity index (χ0) is 16.5. The maximum atomic E-state index is 4.83. The van der Waals surface area contributed by atoms with Gasteiger partial charge in [-0.15, -0.1) is 0 Å². The van der Waals surface area contributed by atoms with Gasteiger partial charge in [0.15, 0.2) is 0 Å². The van der Waals surface area contributed by atoms with Crippen molar-refractivity contribution in [2.45, 2.75) is 55.4 Å². The van der Waals surface area contributed by atoms with Gasteiger partial charge in [0.05, 0.1) is 0 Å². The van der Waals surface area contributed by atoms with Crippen molar-refractivity contribution in [1.29, 1.82) is 0 Å². The van der Waals surface area contributed by atoms with Crippen LogP contribution in [0.4, 0.5) is 0 Å². The van der Waals surface area contributed by atoms with Crippen LogP contribution < -0.4 is 0 Å². The molecule has 0 N–H and O–H groups in total. The fourth-order valence-electron chi connectivity index (χ4n) is 0.816. The first-order chi connectivity index (χ1) is 9.66. The first-order valence-corrected chi connectivity index (χ1v) is 7.97. The van der Waals surface area contributed by atoms with Gasteiger partial charge in [0, 0.05) is 52.9 Å². The second-order valence-corrected chi connectivity index (χ2v) is 3.13. The Bertz CT molecular complexity index is 68.5. The van der Waals surface area contributed by atoms with Gasteiger partial charge in [-0.2, -0.15) is 0 Å². The van der Waals surface area contributed by atoms with Crippen LogP contribution in [-0.4, -0.2) is 52.9 Å². The van der Waals surface area contributed by atoms with E-state index < -0.39 is 0 Å². The zero-order valence-corrected chi connectivity index (χ0v) is 15.3. The molecular weight excluding hydrogens is 256 g/mol. The van der Waals surface area contributed by atoms with Crippen LogP contribution in [0.5, 0.6) is 0 Å². The first-order valence-electron chi connectivity index (χ1n) is 7.97. The summed E-state index contributed by atoms with van der Waals surface area (Å²) in [6.07, 6.45) is 0. The van der Waals surface area contributed by atoms with Gasteiger partial charge in [-0.3, -0.25) is 0 Å². The fraction of sp³-hybridized carbons (Fsp3) is 1.00. The lowest BCUT2D eigenvalue weighted by atomic mass is 10.8. The second-order valence-electron chi connectivity index (χ2n) is 3.13. The minimum atomic E-state index is 0.844. The highest BCUT2D eigenvalue weighted by atomic mass is 16.5. The normalized spacial score (nSPS) is 8.40. The van der Waals surface area contributed by atoms with Crippen LogP contribution in [0.25, 0.3) is 0 Å². The standard InChI is InChI=1S/4C4H10O/c4*1-3-5-4-2/h4*3-4H2,1-2H3. The van der Waals surface area contributed by atoms with E-state index in [9.17, 15) is 0 Å². The van der Waals surface area contributed by atoms with Crippen molar-refractivity contribution in [2.24, 2.45) is 0 Å². The minimum absolute atomic E-state index is 0.844. The van der Waals surface area contributed by atoms with Crippen molar-refractivity contribution >= 4 is 0 Å². The van der Waals surface area contributed by atoms with E-state index in [0.717, 1.165) is 52.9 Å². The third kappa shape index (κ3) is 82.3. The molecule has 0 aliphatic rings. The van der Waals surface area contributed by atoms with Crippen LogP contribution in [0, 0.1) is 0 Å². The van der Waals surface area contributed by atoms with Crippen molar-refractivity contribution in [2.75, 3.05) is 52.9 Å². The summed E-state index contributed by atoms with van der Waals surface area (Å²) in [5.41, 5.74) is 0. The van der Waals surface area contributed by atoms with Gasteiger partial charge >= 0.3 is 0 Å². The predicted octanol–water partition coefficient (Wildman–Crippen LogP) is 4.17. The van der Waals surface area contributed by atoms with Crippen molar-refractivity contribution < 1.29 is 18.9 Å². The molecule has 0 aromatic rings. The number of hydrogen-bond donors (Lipinski definition) is 0. The van der Waals surface area contributed by atoms with E-state index in [4.69, 9.17) is 18.9 Å². The summed E-state index contributed by atoms with van der Waals surface area (Å²) in [5, 5.41) is 0. The molecule has 4 heteroatoms. The van der Waals surface area contributed by atoms with E-state index in [-0.39, 0.29) is 0 Å². The maximum absolute atomic E-state index is 4.83. The quantitative estimate of drug-likeness (QED) is 0.673. The molecule has 0 rings (SSSR count). The molecule has 0 heterocycles.